The van der Waals surface area contributed by atoms with Crippen LogP contribution in [0.1, 0.15) is 6.92 Å². The van der Waals surface area contributed by atoms with Crippen LogP contribution in [0.4, 0.5) is 0 Å². The Morgan fingerprint density at radius 1 is 1.46 bits per heavy atom. The first-order valence-corrected chi connectivity index (χ1v) is 4.66. The molecule has 1 aromatic rings. The maximum absolute atomic E-state index is 9.46. The summed E-state index contributed by atoms with van der Waals surface area (Å²) in [6.07, 6.45) is 0. The second kappa shape index (κ2) is 4.87. The normalized spacial score (nSPS) is 10.2. The molecule has 0 aliphatic heterocycles. The number of hydrogen-bond acceptors (Lipinski definition) is 2. The first-order chi connectivity index (χ1) is 6.16. The van der Waals surface area contributed by atoms with E-state index < -0.39 is 7.12 Å². The molecule has 1 aromatic carbocycles. The molecule has 1 rings (SSSR count). The van der Waals surface area contributed by atoms with Crippen molar-refractivity contribution < 1.29 is 9.68 Å². The van der Waals surface area contributed by atoms with Gasteiger partial charge in [-0.25, -0.2) is 0 Å². The fourth-order valence-electron chi connectivity index (χ4n) is 0.959. The van der Waals surface area contributed by atoms with E-state index in [0.717, 1.165) is 0 Å². The third kappa shape index (κ3) is 2.61. The molecule has 0 bridgehead atoms. The highest BCUT2D eigenvalue weighted by atomic mass is 35.5. The summed E-state index contributed by atoms with van der Waals surface area (Å²) in [5.41, 5.74) is 0.496. The minimum atomic E-state index is -1.00. The highest BCUT2D eigenvalue weighted by molar-refractivity contribution is 6.65. The predicted octanol–water partition coefficient (Wildman–Crippen LogP) is 1.72. The second-order valence-electron chi connectivity index (χ2n) is 2.45. The monoisotopic (exact) mass is 218 g/mol. The molecule has 2 nitrogen and oxygen atoms in total. The molecule has 0 amide bonds. The maximum Gasteiger partial charge on any atom is 0.492 e. The van der Waals surface area contributed by atoms with E-state index in [1.807, 2.05) is 0 Å². The van der Waals surface area contributed by atoms with Gasteiger partial charge in [-0.05, 0) is 13.0 Å². The topological polar surface area (TPSA) is 29.5 Å². The van der Waals surface area contributed by atoms with Crippen LogP contribution < -0.4 is 5.46 Å². The van der Waals surface area contributed by atoms with E-state index in [1.165, 1.54) is 0 Å². The lowest BCUT2D eigenvalue weighted by Gasteiger charge is -2.08. The molecule has 0 spiro atoms. The Balaban J connectivity index is 2.93. The zero-order valence-corrected chi connectivity index (χ0v) is 8.64. The van der Waals surface area contributed by atoms with E-state index in [4.69, 9.17) is 27.9 Å². The van der Waals surface area contributed by atoms with Crippen LogP contribution >= 0.6 is 23.2 Å². The number of halogens is 2. The Morgan fingerprint density at radius 3 is 2.77 bits per heavy atom. The van der Waals surface area contributed by atoms with Gasteiger partial charge in [0, 0.05) is 12.1 Å². The summed E-state index contributed by atoms with van der Waals surface area (Å²) in [7, 11) is -1.00. The molecule has 0 radical (unpaired) electrons. The zero-order chi connectivity index (χ0) is 9.84. The molecular weight excluding hydrogens is 210 g/mol. The highest BCUT2D eigenvalue weighted by Gasteiger charge is 2.19. The van der Waals surface area contributed by atoms with Crippen LogP contribution in [-0.4, -0.2) is 18.7 Å². The van der Waals surface area contributed by atoms with Crippen LogP contribution in [0.25, 0.3) is 0 Å². The van der Waals surface area contributed by atoms with Crippen molar-refractivity contribution in [1.29, 1.82) is 0 Å². The first-order valence-electron chi connectivity index (χ1n) is 3.90. The number of benzene rings is 1. The lowest BCUT2D eigenvalue weighted by atomic mass is 9.79. The Kier molecular flexibility index (Phi) is 4.07. The summed E-state index contributed by atoms with van der Waals surface area (Å²) < 4.78 is 4.98. The van der Waals surface area contributed by atoms with Gasteiger partial charge in [-0.15, -0.1) is 0 Å². The molecule has 0 saturated carbocycles. The van der Waals surface area contributed by atoms with Gasteiger partial charge in [-0.2, -0.15) is 0 Å². The Bertz CT molecular complexity index is 293. The second-order valence-corrected chi connectivity index (χ2v) is 3.24. The first kappa shape index (κ1) is 10.9. The third-order valence-electron chi connectivity index (χ3n) is 1.57. The molecule has 0 heterocycles. The average Bonchev–Trinajstić information content (AvgIpc) is 2.10. The standard InChI is InChI=1S/C8H9BCl2O2/c1-2-13-9(12)6-4-3-5-7(10)8(6)11/h3-5,12H,2H2,1H3. The lowest BCUT2D eigenvalue weighted by molar-refractivity contribution is 0.287. The van der Waals surface area contributed by atoms with Crippen LogP contribution in [0.2, 0.25) is 10.0 Å². The number of hydrogen-bond donors (Lipinski definition) is 1. The molecular formula is C8H9BCl2O2. The smallest absolute Gasteiger partial charge is 0.423 e. The zero-order valence-electron chi connectivity index (χ0n) is 7.13. The fraction of sp³-hybridized carbons (Fsp3) is 0.250. The van der Waals surface area contributed by atoms with Crippen LogP contribution in [0.3, 0.4) is 0 Å². The fourth-order valence-corrected chi connectivity index (χ4v) is 1.36. The average molecular weight is 219 g/mol. The molecule has 5 heteroatoms. The van der Waals surface area contributed by atoms with Crippen molar-refractivity contribution in [3.63, 3.8) is 0 Å². The van der Waals surface area contributed by atoms with Gasteiger partial charge in [0.2, 0.25) is 0 Å². The van der Waals surface area contributed by atoms with Gasteiger partial charge < -0.3 is 9.68 Å². The minimum Gasteiger partial charge on any atom is -0.423 e. The van der Waals surface area contributed by atoms with E-state index in [-0.39, 0.29) is 0 Å². The molecule has 1 N–H and O–H groups in total. The van der Waals surface area contributed by atoms with Crippen molar-refractivity contribution in [3.8, 4) is 0 Å². The Morgan fingerprint density at radius 2 is 2.15 bits per heavy atom. The molecule has 70 valence electrons. The summed E-state index contributed by atoms with van der Waals surface area (Å²) in [5, 5.41) is 10.2. The molecule has 0 fully saturated rings. The summed E-state index contributed by atoms with van der Waals surface area (Å²) in [6, 6.07) is 5.05. The van der Waals surface area contributed by atoms with Crippen molar-refractivity contribution >= 4 is 35.8 Å². The molecule has 0 aliphatic rings. The van der Waals surface area contributed by atoms with Crippen molar-refractivity contribution in [3.05, 3.63) is 28.2 Å². The SMILES string of the molecule is CCOB(O)c1cccc(Cl)c1Cl. The van der Waals surface area contributed by atoms with Crippen LogP contribution in [0, 0.1) is 0 Å². The van der Waals surface area contributed by atoms with Crippen LogP contribution in [-0.2, 0) is 4.65 Å². The summed E-state index contributed by atoms with van der Waals surface area (Å²) in [6.45, 7) is 2.21. The van der Waals surface area contributed by atoms with Crippen molar-refractivity contribution in [2.45, 2.75) is 6.92 Å². The molecule has 0 saturated heterocycles. The lowest BCUT2D eigenvalue weighted by Crippen LogP contribution is -2.34. The summed E-state index contributed by atoms with van der Waals surface area (Å²) >= 11 is 11.6. The predicted molar refractivity (Wildman–Crippen MR) is 55.7 cm³/mol. The van der Waals surface area contributed by atoms with E-state index in [1.54, 1.807) is 25.1 Å². The van der Waals surface area contributed by atoms with Crippen LogP contribution in [0.5, 0.6) is 0 Å². The van der Waals surface area contributed by atoms with E-state index in [2.05, 4.69) is 0 Å². The molecule has 0 aliphatic carbocycles. The molecule has 13 heavy (non-hydrogen) atoms. The van der Waals surface area contributed by atoms with E-state index in [9.17, 15) is 5.02 Å². The van der Waals surface area contributed by atoms with Crippen molar-refractivity contribution in [1.82, 2.24) is 0 Å². The third-order valence-corrected chi connectivity index (χ3v) is 2.41. The van der Waals surface area contributed by atoms with Gasteiger partial charge in [-0.3, -0.25) is 0 Å². The van der Waals surface area contributed by atoms with Crippen molar-refractivity contribution in [2.24, 2.45) is 0 Å². The Labute approximate surface area is 87.6 Å². The minimum absolute atomic E-state index is 0.338. The van der Waals surface area contributed by atoms with Gasteiger partial charge in [-0.1, -0.05) is 35.3 Å². The highest BCUT2D eigenvalue weighted by Crippen LogP contribution is 2.18. The summed E-state index contributed by atoms with van der Waals surface area (Å²) in [5.74, 6) is 0. The van der Waals surface area contributed by atoms with Gasteiger partial charge in [0.05, 0.1) is 10.0 Å². The summed E-state index contributed by atoms with van der Waals surface area (Å²) in [4.78, 5) is 0. The van der Waals surface area contributed by atoms with E-state index >= 15 is 0 Å². The van der Waals surface area contributed by atoms with Gasteiger partial charge in [0.25, 0.3) is 0 Å². The number of rotatable bonds is 3. The Hall–Kier alpha value is -0.215. The molecule has 0 unspecified atom stereocenters. The maximum atomic E-state index is 9.46. The van der Waals surface area contributed by atoms with Crippen LogP contribution in [0.15, 0.2) is 18.2 Å². The quantitative estimate of drug-likeness (QED) is 0.784. The van der Waals surface area contributed by atoms with Gasteiger partial charge in [0.1, 0.15) is 0 Å². The molecule has 0 atom stereocenters. The van der Waals surface area contributed by atoms with Gasteiger partial charge >= 0.3 is 7.12 Å². The largest absolute Gasteiger partial charge is 0.492 e. The van der Waals surface area contributed by atoms with E-state index in [0.29, 0.717) is 22.1 Å². The van der Waals surface area contributed by atoms with Gasteiger partial charge in [0.15, 0.2) is 0 Å². The van der Waals surface area contributed by atoms with Crippen molar-refractivity contribution in [2.75, 3.05) is 6.61 Å². The molecule has 0 aromatic heterocycles.